The summed E-state index contributed by atoms with van der Waals surface area (Å²) in [5, 5.41) is 29.5. The summed E-state index contributed by atoms with van der Waals surface area (Å²) in [4.78, 5) is 35.8. The van der Waals surface area contributed by atoms with Crippen molar-refractivity contribution in [1.82, 2.24) is 30.0 Å². The molecule has 0 saturated heterocycles. The van der Waals surface area contributed by atoms with Crippen LogP contribution in [0, 0.1) is 11.8 Å². The monoisotopic (exact) mass is 836 g/mol. The van der Waals surface area contributed by atoms with Crippen LogP contribution in [0.2, 0.25) is 0 Å². The van der Waals surface area contributed by atoms with Gasteiger partial charge in [0.2, 0.25) is 31.9 Å². The molecule has 6 N–H and O–H groups in total. The van der Waals surface area contributed by atoms with Gasteiger partial charge in [-0.05, 0) is 84.0 Å². The van der Waals surface area contributed by atoms with Crippen molar-refractivity contribution in [3.05, 3.63) is 132 Å². The Balaban J connectivity index is 1.57. The van der Waals surface area contributed by atoms with Crippen molar-refractivity contribution in [2.24, 2.45) is 11.8 Å². The molecular weight excluding hydrogens is 781 g/mol. The van der Waals surface area contributed by atoms with Crippen LogP contribution in [-0.2, 0) is 55.3 Å². The van der Waals surface area contributed by atoms with Gasteiger partial charge in [-0.1, -0.05) is 88.4 Å². The molecule has 0 aliphatic carbocycles. The maximum atomic E-state index is 14.0. The summed E-state index contributed by atoms with van der Waals surface area (Å²) >= 11 is 0. The second-order valence-corrected chi connectivity index (χ2v) is 18.9. The first-order valence-electron chi connectivity index (χ1n) is 19.4. The van der Waals surface area contributed by atoms with E-state index < -0.39 is 80.1 Å². The van der Waals surface area contributed by atoms with E-state index in [0.29, 0.717) is 11.1 Å². The van der Waals surface area contributed by atoms with Crippen LogP contribution in [0.4, 0.5) is 0 Å². The number of hydrogen-bond donors (Lipinski definition) is 6. The first kappa shape index (κ1) is 46.1. The second kappa shape index (κ2) is 22.0. The van der Waals surface area contributed by atoms with Crippen LogP contribution < -0.4 is 20.1 Å². The highest BCUT2D eigenvalue weighted by atomic mass is 32.2. The fourth-order valence-corrected chi connectivity index (χ4v) is 9.14. The van der Waals surface area contributed by atoms with Crippen molar-refractivity contribution < 1.29 is 36.6 Å². The van der Waals surface area contributed by atoms with Crippen molar-refractivity contribution in [2.75, 3.05) is 11.5 Å². The highest BCUT2D eigenvalue weighted by Gasteiger charge is 2.38. The number of pyridine rings is 2. The van der Waals surface area contributed by atoms with Gasteiger partial charge in [0.05, 0.1) is 23.6 Å². The molecule has 0 bridgehead atoms. The summed E-state index contributed by atoms with van der Waals surface area (Å²) in [6, 6.07) is 20.0. The molecule has 0 fully saturated rings. The maximum absolute atomic E-state index is 14.0. The lowest BCUT2D eigenvalue weighted by molar-refractivity contribution is -0.129. The molecule has 58 heavy (non-hydrogen) atoms. The number of hydrogen-bond acceptors (Lipinski definition) is 10. The molecule has 4 rings (SSSR count). The average molecular weight is 837 g/mol. The van der Waals surface area contributed by atoms with Crippen molar-refractivity contribution >= 4 is 31.9 Å². The van der Waals surface area contributed by atoms with E-state index in [0.717, 1.165) is 11.1 Å². The standard InChI is InChI=1S/C42H56N6O8S2/c1-29(2)37(47-57(53,54)25-19-31-15-21-43-22-16-31)41(51)45-35(27-33-11-7-5-8-12-33)39(49)40(50)36(28-34-13-9-6-10-14-34)46-42(52)38(30(3)4)48-58(55,56)26-20-32-17-23-44-24-18-32/h5-18,21-24,29-30,35-40,47-50H,19-20,25-28H2,1-4H3,(H,45,51)(H,46,52)/t35-,36-,37-,38+,39-,40+/m0/s1. The van der Waals surface area contributed by atoms with Crippen LogP contribution in [0.25, 0.3) is 0 Å². The summed E-state index contributed by atoms with van der Waals surface area (Å²) < 4.78 is 57.9. The van der Waals surface area contributed by atoms with Gasteiger partial charge in [-0.15, -0.1) is 0 Å². The summed E-state index contributed by atoms with van der Waals surface area (Å²) in [5.74, 6) is -2.97. The van der Waals surface area contributed by atoms with Gasteiger partial charge in [-0.3, -0.25) is 19.6 Å². The number of benzene rings is 2. The largest absolute Gasteiger partial charge is 0.388 e. The van der Waals surface area contributed by atoms with E-state index in [1.54, 1.807) is 125 Å². The molecule has 0 aliphatic heterocycles. The lowest BCUT2D eigenvalue weighted by atomic mass is 9.90. The van der Waals surface area contributed by atoms with Crippen molar-refractivity contribution in [1.29, 1.82) is 0 Å². The van der Waals surface area contributed by atoms with Crippen molar-refractivity contribution in [2.45, 2.75) is 89.8 Å². The third-order valence-electron chi connectivity index (χ3n) is 9.76. The van der Waals surface area contributed by atoms with Gasteiger partial charge >= 0.3 is 0 Å². The Morgan fingerprint density at radius 2 is 0.862 bits per heavy atom. The number of carbonyl (C=O) groups is 2. The minimum Gasteiger partial charge on any atom is -0.388 e. The second-order valence-electron chi connectivity index (χ2n) is 15.1. The van der Waals surface area contributed by atoms with E-state index >= 15 is 0 Å². The van der Waals surface area contributed by atoms with E-state index in [4.69, 9.17) is 0 Å². The lowest BCUT2D eigenvalue weighted by Gasteiger charge is -2.35. The third-order valence-corrected chi connectivity index (χ3v) is 12.5. The van der Waals surface area contributed by atoms with Gasteiger partial charge in [0.15, 0.2) is 0 Å². The molecule has 314 valence electrons. The zero-order chi connectivity index (χ0) is 42.3. The quantitative estimate of drug-likeness (QED) is 0.0641. The van der Waals surface area contributed by atoms with Crippen LogP contribution >= 0.6 is 0 Å². The predicted molar refractivity (Wildman–Crippen MR) is 223 cm³/mol. The number of nitrogens with one attached hydrogen (secondary N) is 4. The molecule has 0 unspecified atom stereocenters. The zero-order valence-corrected chi connectivity index (χ0v) is 34.9. The molecule has 2 heterocycles. The fraction of sp³-hybridized carbons (Fsp3) is 0.429. The third kappa shape index (κ3) is 15.0. The molecule has 0 spiro atoms. The highest BCUT2D eigenvalue weighted by molar-refractivity contribution is 7.89. The van der Waals surface area contributed by atoms with Crippen molar-refractivity contribution in [3.63, 3.8) is 0 Å². The van der Waals surface area contributed by atoms with Crippen LogP contribution in [0.3, 0.4) is 0 Å². The summed E-state index contributed by atoms with van der Waals surface area (Å²) in [5.41, 5.74) is 2.95. The van der Waals surface area contributed by atoms with E-state index in [2.05, 4.69) is 30.0 Å². The molecule has 2 aromatic carbocycles. The van der Waals surface area contributed by atoms with E-state index in [1.165, 1.54) is 0 Å². The maximum Gasteiger partial charge on any atom is 0.238 e. The smallest absolute Gasteiger partial charge is 0.238 e. The number of aliphatic hydroxyl groups excluding tert-OH is 2. The molecule has 6 atom stereocenters. The Kier molecular flexibility index (Phi) is 17.5. The number of aromatic nitrogens is 2. The molecule has 14 nitrogen and oxygen atoms in total. The molecule has 4 aromatic rings. The summed E-state index contributed by atoms with van der Waals surface area (Å²) in [6.07, 6.45) is 3.38. The minimum absolute atomic E-state index is 0.0440. The Morgan fingerprint density at radius 1 is 0.534 bits per heavy atom. The average Bonchev–Trinajstić information content (AvgIpc) is 3.21. The molecule has 0 aliphatic rings. The van der Waals surface area contributed by atoms with Crippen LogP contribution in [-0.4, -0.2) is 96.7 Å². The minimum atomic E-state index is -3.95. The SMILES string of the molecule is CC(C)[C@H](NS(=O)(=O)CCc1ccncc1)C(=O)N[C@@H](Cc1ccccc1)[C@H](O)[C@H](O)[C@H](Cc1ccccc1)NC(=O)[C@H](NS(=O)(=O)CCc1ccncc1)C(C)C. The van der Waals surface area contributed by atoms with Crippen molar-refractivity contribution in [3.8, 4) is 0 Å². The van der Waals surface area contributed by atoms with Gasteiger partial charge in [-0.25, -0.2) is 26.3 Å². The first-order valence-corrected chi connectivity index (χ1v) is 22.7. The normalized spacial score (nSPS) is 15.2. The van der Waals surface area contributed by atoms with Gasteiger partial charge < -0.3 is 20.8 Å². The summed E-state index contributed by atoms with van der Waals surface area (Å²) in [7, 11) is -7.90. The number of nitrogens with zero attached hydrogens (tertiary/aromatic N) is 2. The molecule has 2 amide bonds. The van der Waals surface area contributed by atoms with Gasteiger partial charge in [0.1, 0.15) is 24.3 Å². The number of amides is 2. The summed E-state index contributed by atoms with van der Waals surface area (Å²) in [6.45, 7) is 6.77. The molecule has 2 aromatic heterocycles. The first-order chi connectivity index (χ1) is 27.5. The highest BCUT2D eigenvalue weighted by Crippen LogP contribution is 2.17. The van der Waals surface area contributed by atoms with E-state index in [1.807, 2.05) is 12.1 Å². The number of aliphatic hydroxyl groups is 2. The lowest BCUT2D eigenvalue weighted by Crippen LogP contribution is -2.61. The molecule has 0 radical (unpaired) electrons. The van der Waals surface area contributed by atoms with Crippen LogP contribution in [0.15, 0.2) is 110 Å². The fourth-order valence-electron chi connectivity index (χ4n) is 6.36. The van der Waals surface area contributed by atoms with Crippen LogP contribution in [0.1, 0.15) is 49.9 Å². The number of carbonyl (C=O) groups excluding carboxylic acids is 2. The Labute approximate surface area is 342 Å². The number of sulfonamides is 2. The Morgan fingerprint density at radius 3 is 1.17 bits per heavy atom. The molecular formula is C42H56N6O8S2. The van der Waals surface area contributed by atoms with Crippen LogP contribution in [0.5, 0.6) is 0 Å². The number of rotatable bonds is 23. The zero-order valence-electron chi connectivity index (χ0n) is 33.3. The van der Waals surface area contributed by atoms with Gasteiger partial charge in [-0.2, -0.15) is 0 Å². The predicted octanol–water partition coefficient (Wildman–Crippen LogP) is 2.33. The van der Waals surface area contributed by atoms with E-state index in [9.17, 15) is 36.6 Å². The molecule has 0 saturated carbocycles. The Hall–Kier alpha value is -4.58. The number of aryl methyl sites for hydroxylation is 2. The Bertz CT molecular complexity index is 1930. The molecule has 16 heteroatoms. The van der Waals surface area contributed by atoms with Gasteiger partial charge in [0.25, 0.3) is 0 Å². The topological polar surface area (TPSA) is 217 Å². The van der Waals surface area contributed by atoms with E-state index in [-0.39, 0.29) is 37.2 Å². The van der Waals surface area contributed by atoms with Gasteiger partial charge in [0, 0.05) is 24.8 Å².